The van der Waals surface area contributed by atoms with Crippen molar-refractivity contribution in [2.75, 3.05) is 24.5 Å². The number of hydrogen-bond donors (Lipinski definition) is 1. The molecule has 1 N–H and O–H groups in total. The fraction of sp³-hybridized carbons (Fsp3) is 0.727. The molecule has 1 aliphatic carbocycles. The molecular weight excluding hydrogens is 188 g/mol. The Bertz CT molecular complexity index is 342. The maximum absolute atomic E-state index is 4.50. The standard InChI is InChI=1S/C11H18N4/c1-9-8-14(6-4-12-9)11-13-5-7-15(11)10-2-3-10/h5,7,9-10,12H,2-4,6,8H2,1H3/t9-/m1/s1. The van der Waals surface area contributed by atoms with E-state index in [1.54, 1.807) is 0 Å². The zero-order valence-electron chi connectivity index (χ0n) is 9.19. The molecule has 1 saturated carbocycles. The van der Waals surface area contributed by atoms with Crippen molar-refractivity contribution in [3.8, 4) is 0 Å². The zero-order chi connectivity index (χ0) is 10.3. The van der Waals surface area contributed by atoms with E-state index >= 15 is 0 Å². The van der Waals surface area contributed by atoms with Crippen LogP contribution in [0.4, 0.5) is 5.95 Å². The molecule has 4 heteroatoms. The average molecular weight is 206 g/mol. The van der Waals surface area contributed by atoms with Crippen molar-refractivity contribution in [3.05, 3.63) is 12.4 Å². The molecule has 3 rings (SSSR count). The summed E-state index contributed by atoms with van der Waals surface area (Å²) in [7, 11) is 0. The van der Waals surface area contributed by atoms with Gasteiger partial charge in [0, 0.05) is 44.1 Å². The van der Waals surface area contributed by atoms with Crippen LogP contribution in [0.5, 0.6) is 0 Å². The van der Waals surface area contributed by atoms with Crippen LogP contribution >= 0.6 is 0 Å². The summed E-state index contributed by atoms with van der Waals surface area (Å²) >= 11 is 0. The van der Waals surface area contributed by atoms with E-state index < -0.39 is 0 Å². The molecule has 4 nitrogen and oxygen atoms in total. The fourth-order valence-electron chi connectivity index (χ4n) is 2.30. The largest absolute Gasteiger partial charge is 0.339 e. The molecule has 2 aliphatic rings. The van der Waals surface area contributed by atoms with Crippen LogP contribution < -0.4 is 10.2 Å². The minimum atomic E-state index is 0.572. The van der Waals surface area contributed by atoms with Crippen molar-refractivity contribution in [1.82, 2.24) is 14.9 Å². The number of nitrogens with one attached hydrogen (secondary N) is 1. The van der Waals surface area contributed by atoms with Gasteiger partial charge < -0.3 is 14.8 Å². The molecule has 2 heterocycles. The van der Waals surface area contributed by atoms with Crippen molar-refractivity contribution in [1.29, 1.82) is 0 Å². The lowest BCUT2D eigenvalue weighted by Gasteiger charge is -2.32. The first-order chi connectivity index (χ1) is 7.34. The van der Waals surface area contributed by atoms with Gasteiger partial charge in [0.1, 0.15) is 0 Å². The lowest BCUT2D eigenvalue weighted by Crippen LogP contribution is -2.50. The smallest absolute Gasteiger partial charge is 0.205 e. The number of aromatic nitrogens is 2. The lowest BCUT2D eigenvalue weighted by atomic mass is 10.2. The molecule has 0 amide bonds. The van der Waals surface area contributed by atoms with Gasteiger partial charge in [-0.1, -0.05) is 0 Å². The van der Waals surface area contributed by atoms with Crippen LogP contribution in [-0.2, 0) is 0 Å². The van der Waals surface area contributed by atoms with E-state index in [0.717, 1.165) is 25.7 Å². The van der Waals surface area contributed by atoms with Gasteiger partial charge >= 0.3 is 0 Å². The number of rotatable bonds is 2. The predicted octanol–water partition coefficient (Wildman–Crippen LogP) is 1.02. The Labute approximate surface area is 90.3 Å². The van der Waals surface area contributed by atoms with Crippen LogP contribution in [0.25, 0.3) is 0 Å². The lowest BCUT2D eigenvalue weighted by molar-refractivity contribution is 0.474. The fourth-order valence-corrected chi connectivity index (χ4v) is 2.30. The Kier molecular flexibility index (Phi) is 2.16. The number of imidazole rings is 1. The summed E-state index contributed by atoms with van der Waals surface area (Å²) in [5, 5.41) is 3.46. The SMILES string of the molecule is C[C@@H]1CN(c2nccn2C2CC2)CCN1. The monoisotopic (exact) mass is 206 g/mol. The quantitative estimate of drug-likeness (QED) is 0.784. The van der Waals surface area contributed by atoms with Crippen molar-refractivity contribution in [2.24, 2.45) is 0 Å². The second-order valence-corrected chi connectivity index (χ2v) is 4.67. The van der Waals surface area contributed by atoms with Crippen LogP contribution in [0.3, 0.4) is 0 Å². The molecule has 0 bridgehead atoms. The summed E-state index contributed by atoms with van der Waals surface area (Å²) in [6.07, 6.45) is 6.70. The molecule has 0 radical (unpaired) electrons. The summed E-state index contributed by atoms with van der Waals surface area (Å²) in [5.74, 6) is 1.17. The third-order valence-corrected chi connectivity index (χ3v) is 3.24. The Hall–Kier alpha value is -1.03. The maximum Gasteiger partial charge on any atom is 0.205 e. The van der Waals surface area contributed by atoms with Crippen LogP contribution in [0, 0.1) is 0 Å². The van der Waals surface area contributed by atoms with Crippen molar-refractivity contribution in [3.63, 3.8) is 0 Å². The molecule has 15 heavy (non-hydrogen) atoms. The van der Waals surface area contributed by atoms with Gasteiger partial charge in [-0.3, -0.25) is 0 Å². The molecule has 0 aromatic carbocycles. The van der Waals surface area contributed by atoms with Crippen molar-refractivity contribution >= 4 is 5.95 Å². The van der Waals surface area contributed by atoms with E-state index in [9.17, 15) is 0 Å². The van der Waals surface area contributed by atoms with Crippen molar-refractivity contribution < 1.29 is 0 Å². The van der Waals surface area contributed by atoms with Gasteiger partial charge in [0.2, 0.25) is 5.95 Å². The van der Waals surface area contributed by atoms with Gasteiger partial charge in [-0.05, 0) is 19.8 Å². The number of nitrogens with zero attached hydrogens (tertiary/aromatic N) is 3. The highest BCUT2D eigenvalue weighted by molar-refractivity contribution is 5.34. The van der Waals surface area contributed by atoms with E-state index in [1.807, 2.05) is 6.20 Å². The van der Waals surface area contributed by atoms with Crippen LogP contribution in [0.2, 0.25) is 0 Å². The first-order valence-electron chi connectivity index (χ1n) is 5.86. The Morgan fingerprint density at radius 3 is 3.07 bits per heavy atom. The Morgan fingerprint density at radius 2 is 2.33 bits per heavy atom. The molecule has 1 saturated heterocycles. The number of hydrogen-bond acceptors (Lipinski definition) is 3. The van der Waals surface area contributed by atoms with Gasteiger partial charge in [0.05, 0.1) is 0 Å². The van der Waals surface area contributed by atoms with E-state index in [0.29, 0.717) is 6.04 Å². The summed E-state index contributed by atoms with van der Waals surface area (Å²) in [6.45, 7) is 5.45. The highest BCUT2D eigenvalue weighted by Gasteiger charge is 2.28. The molecule has 2 fully saturated rings. The summed E-state index contributed by atoms with van der Waals surface area (Å²) in [6, 6.07) is 1.30. The van der Waals surface area contributed by atoms with Crippen LogP contribution in [0.15, 0.2) is 12.4 Å². The van der Waals surface area contributed by atoms with Gasteiger partial charge in [-0.25, -0.2) is 4.98 Å². The minimum absolute atomic E-state index is 0.572. The Morgan fingerprint density at radius 1 is 1.47 bits per heavy atom. The molecule has 1 aromatic heterocycles. The van der Waals surface area contributed by atoms with Gasteiger partial charge in [-0.2, -0.15) is 0 Å². The summed E-state index contributed by atoms with van der Waals surface area (Å²) in [4.78, 5) is 6.90. The van der Waals surface area contributed by atoms with Gasteiger partial charge in [0.25, 0.3) is 0 Å². The van der Waals surface area contributed by atoms with E-state index in [-0.39, 0.29) is 0 Å². The zero-order valence-corrected chi connectivity index (χ0v) is 9.19. The maximum atomic E-state index is 4.50. The highest BCUT2D eigenvalue weighted by Crippen LogP contribution is 2.37. The summed E-state index contributed by atoms with van der Waals surface area (Å²) < 4.78 is 2.35. The Balaban J connectivity index is 1.81. The second-order valence-electron chi connectivity index (χ2n) is 4.67. The first-order valence-corrected chi connectivity index (χ1v) is 5.86. The molecule has 82 valence electrons. The number of anilines is 1. The predicted molar refractivity (Wildman–Crippen MR) is 60.2 cm³/mol. The molecule has 0 spiro atoms. The van der Waals surface area contributed by atoms with Crippen LogP contribution in [0.1, 0.15) is 25.8 Å². The molecule has 0 unspecified atom stereocenters. The minimum Gasteiger partial charge on any atom is -0.339 e. The third-order valence-electron chi connectivity index (χ3n) is 3.24. The van der Waals surface area contributed by atoms with Gasteiger partial charge in [-0.15, -0.1) is 0 Å². The van der Waals surface area contributed by atoms with Gasteiger partial charge in [0.15, 0.2) is 0 Å². The third kappa shape index (κ3) is 1.74. The van der Waals surface area contributed by atoms with Crippen molar-refractivity contribution in [2.45, 2.75) is 31.8 Å². The topological polar surface area (TPSA) is 33.1 Å². The average Bonchev–Trinajstić information content (AvgIpc) is 2.96. The number of piperazine rings is 1. The van der Waals surface area contributed by atoms with Crippen LogP contribution in [-0.4, -0.2) is 35.2 Å². The molecular formula is C11H18N4. The van der Waals surface area contributed by atoms with E-state index in [4.69, 9.17) is 0 Å². The van der Waals surface area contributed by atoms with E-state index in [2.05, 4.69) is 32.9 Å². The van der Waals surface area contributed by atoms with E-state index in [1.165, 1.54) is 18.8 Å². The molecule has 1 atom stereocenters. The molecule has 1 aliphatic heterocycles. The highest BCUT2D eigenvalue weighted by atomic mass is 15.3. The first kappa shape index (κ1) is 9.21. The molecule has 1 aromatic rings. The summed E-state index contributed by atoms with van der Waals surface area (Å²) in [5.41, 5.74) is 0. The normalized spacial score (nSPS) is 27.0. The second kappa shape index (κ2) is 3.52.